The van der Waals surface area contributed by atoms with Crippen LogP contribution in [0.2, 0.25) is 0 Å². The van der Waals surface area contributed by atoms with E-state index in [1.54, 1.807) is 19.0 Å². The molecule has 0 atom stereocenters. The molecule has 1 aromatic heterocycles. The lowest BCUT2D eigenvalue weighted by Gasteiger charge is -2.16. The Morgan fingerprint density at radius 1 is 1.15 bits per heavy atom. The number of aromatic nitrogens is 2. The summed E-state index contributed by atoms with van der Waals surface area (Å²) in [6.07, 6.45) is 1.80. The van der Waals surface area contributed by atoms with E-state index < -0.39 is 0 Å². The molecule has 0 saturated carbocycles. The van der Waals surface area contributed by atoms with Gasteiger partial charge in [-0.25, -0.2) is 9.97 Å². The van der Waals surface area contributed by atoms with Crippen molar-refractivity contribution in [1.29, 1.82) is 0 Å². The van der Waals surface area contributed by atoms with Gasteiger partial charge in [0.1, 0.15) is 17.5 Å². The normalized spacial score (nSPS) is 10.2. The molecule has 20 heavy (non-hydrogen) atoms. The second-order valence-corrected chi connectivity index (χ2v) is 4.88. The summed E-state index contributed by atoms with van der Waals surface area (Å²) in [5, 5.41) is 6.40. The Kier molecular flexibility index (Phi) is 6.21. The highest BCUT2D eigenvalue weighted by molar-refractivity contribution is 5.80. The maximum Gasteiger partial charge on any atom is 0.241 e. The number of likely N-dealkylation sites (N-methyl/N-ethyl adjacent to an activating group) is 1. The van der Waals surface area contributed by atoms with E-state index in [9.17, 15) is 4.79 Å². The van der Waals surface area contributed by atoms with E-state index in [0.29, 0.717) is 0 Å². The van der Waals surface area contributed by atoms with Gasteiger partial charge in [-0.15, -0.1) is 0 Å². The Morgan fingerprint density at radius 3 is 2.25 bits per heavy atom. The summed E-state index contributed by atoms with van der Waals surface area (Å²) in [5.74, 6) is 2.36. The highest BCUT2D eigenvalue weighted by Crippen LogP contribution is 2.20. The fourth-order valence-corrected chi connectivity index (χ4v) is 1.63. The van der Waals surface area contributed by atoms with Gasteiger partial charge in [0.25, 0.3) is 0 Å². The van der Waals surface area contributed by atoms with Gasteiger partial charge in [0.05, 0.1) is 6.54 Å². The Balaban J connectivity index is 2.90. The van der Waals surface area contributed by atoms with Crippen LogP contribution in [0.25, 0.3) is 0 Å². The lowest BCUT2D eigenvalue weighted by atomic mass is 10.2. The minimum absolute atomic E-state index is 0.0177. The Hall–Kier alpha value is -1.85. The van der Waals surface area contributed by atoms with Gasteiger partial charge >= 0.3 is 0 Å². The number of anilines is 2. The number of rotatable bonds is 7. The predicted octanol–water partition coefficient (Wildman–Crippen LogP) is 1.67. The van der Waals surface area contributed by atoms with Gasteiger partial charge in [-0.05, 0) is 13.3 Å². The SMILES string of the molecule is CCCNc1nc(CC)nc(NCC(=O)N(C)C)c1C. The molecule has 0 spiro atoms. The fourth-order valence-electron chi connectivity index (χ4n) is 1.63. The number of hydrogen-bond acceptors (Lipinski definition) is 5. The van der Waals surface area contributed by atoms with Crippen molar-refractivity contribution in [2.24, 2.45) is 0 Å². The third-order valence-corrected chi connectivity index (χ3v) is 2.96. The maximum atomic E-state index is 11.6. The molecule has 0 bridgehead atoms. The second kappa shape index (κ2) is 7.67. The molecule has 0 aliphatic carbocycles. The molecule has 112 valence electrons. The molecule has 1 heterocycles. The first kappa shape index (κ1) is 16.2. The highest BCUT2D eigenvalue weighted by Gasteiger charge is 2.11. The van der Waals surface area contributed by atoms with Crippen LogP contribution in [-0.4, -0.2) is 48.0 Å². The minimum Gasteiger partial charge on any atom is -0.370 e. The number of carbonyl (C=O) groups excluding carboxylic acids is 1. The second-order valence-electron chi connectivity index (χ2n) is 4.88. The molecule has 0 unspecified atom stereocenters. The molecule has 0 aliphatic heterocycles. The third-order valence-electron chi connectivity index (χ3n) is 2.96. The fraction of sp³-hybridized carbons (Fsp3) is 0.643. The molecule has 6 heteroatoms. The van der Waals surface area contributed by atoms with Crippen molar-refractivity contribution >= 4 is 17.5 Å². The number of amides is 1. The molecule has 1 aromatic rings. The molecule has 0 aliphatic rings. The summed E-state index contributed by atoms with van der Waals surface area (Å²) in [6, 6.07) is 0. The van der Waals surface area contributed by atoms with Crippen LogP contribution >= 0.6 is 0 Å². The zero-order chi connectivity index (χ0) is 15.1. The monoisotopic (exact) mass is 279 g/mol. The molecular formula is C14H25N5O. The highest BCUT2D eigenvalue weighted by atomic mass is 16.2. The summed E-state index contributed by atoms with van der Waals surface area (Å²) in [6.45, 7) is 7.19. The molecule has 0 radical (unpaired) electrons. The standard InChI is InChI=1S/C14H25N5O/c1-6-8-15-13-10(3)14(18-11(7-2)17-13)16-9-12(20)19(4)5/h6-9H2,1-5H3,(H2,15,16,17,18). The first-order chi connectivity index (χ1) is 9.49. The zero-order valence-corrected chi connectivity index (χ0v) is 13.1. The lowest BCUT2D eigenvalue weighted by Crippen LogP contribution is -2.29. The van der Waals surface area contributed by atoms with Crippen LogP contribution in [0.1, 0.15) is 31.7 Å². The molecule has 0 fully saturated rings. The zero-order valence-electron chi connectivity index (χ0n) is 13.1. The molecule has 1 amide bonds. The van der Waals surface area contributed by atoms with E-state index in [4.69, 9.17) is 0 Å². The molecular weight excluding hydrogens is 254 g/mol. The van der Waals surface area contributed by atoms with Crippen molar-refractivity contribution in [1.82, 2.24) is 14.9 Å². The van der Waals surface area contributed by atoms with Crippen molar-refractivity contribution in [2.75, 3.05) is 37.8 Å². The summed E-state index contributed by atoms with van der Waals surface area (Å²) in [4.78, 5) is 22.2. The molecule has 2 N–H and O–H groups in total. The van der Waals surface area contributed by atoms with Crippen LogP contribution in [0.15, 0.2) is 0 Å². The van der Waals surface area contributed by atoms with Crippen molar-refractivity contribution in [3.63, 3.8) is 0 Å². The molecule has 1 rings (SSSR count). The lowest BCUT2D eigenvalue weighted by molar-refractivity contribution is -0.126. The summed E-state index contributed by atoms with van der Waals surface area (Å²) < 4.78 is 0. The van der Waals surface area contributed by atoms with E-state index >= 15 is 0 Å². The Bertz CT molecular complexity index is 459. The van der Waals surface area contributed by atoms with Crippen molar-refractivity contribution in [2.45, 2.75) is 33.6 Å². The first-order valence-electron chi connectivity index (χ1n) is 7.05. The minimum atomic E-state index is 0.0177. The number of nitrogens with one attached hydrogen (secondary N) is 2. The quantitative estimate of drug-likeness (QED) is 0.794. The topological polar surface area (TPSA) is 70.1 Å². The van der Waals surface area contributed by atoms with Crippen molar-refractivity contribution < 1.29 is 4.79 Å². The molecule has 6 nitrogen and oxygen atoms in total. The van der Waals surface area contributed by atoms with Crippen LogP contribution in [0.3, 0.4) is 0 Å². The predicted molar refractivity (Wildman–Crippen MR) is 82.1 cm³/mol. The summed E-state index contributed by atoms with van der Waals surface area (Å²) >= 11 is 0. The summed E-state index contributed by atoms with van der Waals surface area (Å²) in [5.41, 5.74) is 0.946. The number of aryl methyl sites for hydroxylation is 1. The van der Waals surface area contributed by atoms with E-state index in [-0.39, 0.29) is 12.5 Å². The van der Waals surface area contributed by atoms with Crippen LogP contribution in [0, 0.1) is 6.92 Å². The van der Waals surface area contributed by atoms with Gasteiger partial charge in [-0.1, -0.05) is 13.8 Å². The number of hydrogen-bond donors (Lipinski definition) is 2. The van der Waals surface area contributed by atoms with E-state index in [2.05, 4.69) is 27.5 Å². The van der Waals surface area contributed by atoms with E-state index in [1.807, 2.05) is 13.8 Å². The van der Waals surface area contributed by atoms with E-state index in [1.165, 1.54) is 0 Å². The molecule has 0 aromatic carbocycles. The average molecular weight is 279 g/mol. The van der Waals surface area contributed by atoms with Crippen molar-refractivity contribution in [3.8, 4) is 0 Å². The van der Waals surface area contributed by atoms with Crippen LogP contribution in [0.5, 0.6) is 0 Å². The first-order valence-corrected chi connectivity index (χ1v) is 7.05. The number of nitrogens with zero attached hydrogens (tertiary/aromatic N) is 3. The largest absolute Gasteiger partial charge is 0.370 e. The van der Waals surface area contributed by atoms with Gasteiger partial charge in [-0.2, -0.15) is 0 Å². The van der Waals surface area contributed by atoms with E-state index in [0.717, 1.165) is 42.4 Å². The Labute approximate surface area is 121 Å². The average Bonchev–Trinajstić information content (AvgIpc) is 2.44. The number of carbonyl (C=O) groups is 1. The van der Waals surface area contributed by atoms with Gasteiger partial charge < -0.3 is 15.5 Å². The summed E-state index contributed by atoms with van der Waals surface area (Å²) in [7, 11) is 3.48. The van der Waals surface area contributed by atoms with Gasteiger partial charge in [-0.3, -0.25) is 4.79 Å². The Morgan fingerprint density at radius 2 is 1.75 bits per heavy atom. The maximum absolute atomic E-state index is 11.6. The van der Waals surface area contributed by atoms with Crippen LogP contribution in [0.4, 0.5) is 11.6 Å². The van der Waals surface area contributed by atoms with Crippen LogP contribution < -0.4 is 10.6 Å². The van der Waals surface area contributed by atoms with Crippen LogP contribution in [-0.2, 0) is 11.2 Å². The van der Waals surface area contributed by atoms with Crippen molar-refractivity contribution in [3.05, 3.63) is 11.4 Å². The molecule has 0 saturated heterocycles. The van der Waals surface area contributed by atoms with Gasteiger partial charge in [0, 0.05) is 32.6 Å². The third kappa shape index (κ3) is 4.36. The van der Waals surface area contributed by atoms with Gasteiger partial charge in [0.2, 0.25) is 5.91 Å². The van der Waals surface area contributed by atoms with Gasteiger partial charge in [0.15, 0.2) is 0 Å². The smallest absolute Gasteiger partial charge is 0.241 e.